The van der Waals surface area contributed by atoms with Crippen LogP contribution in [0.3, 0.4) is 0 Å². The van der Waals surface area contributed by atoms with E-state index in [1.54, 1.807) is 0 Å². The van der Waals surface area contributed by atoms with Crippen molar-refractivity contribution in [1.29, 1.82) is 0 Å². The van der Waals surface area contributed by atoms with Gasteiger partial charge in [-0.25, -0.2) is 0 Å². The molecule has 0 fully saturated rings. The molecule has 0 aromatic rings. The minimum atomic E-state index is -0.727. The summed E-state index contributed by atoms with van der Waals surface area (Å²) in [5, 5.41) is 12.0. The summed E-state index contributed by atoms with van der Waals surface area (Å²) in [5.74, 6) is -0.727. The summed E-state index contributed by atoms with van der Waals surface area (Å²) >= 11 is 0. The van der Waals surface area contributed by atoms with Crippen molar-refractivity contribution >= 4 is 5.97 Å². The van der Waals surface area contributed by atoms with Crippen molar-refractivity contribution in [3.8, 4) is 0 Å². The third kappa shape index (κ3) is 12.2. The van der Waals surface area contributed by atoms with Gasteiger partial charge in [-0.15, -0.1) is 0 Å². The van der Waals surface area contributed by atoms with Crippen molar-refractivity contribution in [2.45, 2.75) is 90.5 Å². The normalized spacial score (nSPS) is 12.5. The third-order valence-electron chi connectivity index (χ3n) is 3.63. The largest absolute Gasteiger partial charge is 0.480 e. The Balaban J connectivity index is 3.16. The van der Waals surface area contributed by atoms with Gasteiger partial charge in [0.2, 0.25) is 0 Å². The lowest BCUT2D eigenvalue weighted by molar-refractivity contribution is -0.139. The number of carboxylic acids is 1. The van der Waals surface area contributed by atoms with Crippen molar-refractivity contribution < 1.29 is 9.90 Å². The first-order chi connectivity index (χ1) is 9.22. The Morgan fingerprint density at radius 3 is 1.79 bits per heavy atom. The fourth-order valence-electron chi connectivity index (χ4n) is 2.29. The predicted molar refractivity (Wildman–Crippen MR) is 81.6 cm³/mol. The SMILES string of the molecule is CCCCCCCCCCCCNC(CC)C(=O)O. The van der Waals surface area contributed by atoms with Crippen molar-refractivity contribution in [3.63, 3.8) is 0 Å². The fraction of sp³-hybridized carbons (Fsp3) is 0.938. The van der Waals surface area contributed by atoms with Crippen LogP contribution in [-0.2, 0) is 4.79 Å². The molecule has 0 amide bonds. The number of carbonyl (C=O) groups is 1. The maximum Gasteiger partial charge on any atom is 0.320 e. The highest BCUT2D eigenvalue weighted by molar-refractivity contribution is 5.73. The Morgan fingerprint density at radius 2 is 1.37 bits per heavy atom. The summed E-state index contributed by atoms with van der Waals surface area (Å²) in [6.45, 7) is 4.99. The lowest BCUT2D eigenvalue weighted by Gasteiger charge is -2.11. The highest BCUT2D eigenvalue weighted by atomic mass is 16.4. The van der Waals surface area contributed by atoms with Gasteiger partial charge < -0.3 is 10.4 Å². The molecule has 3 heteroatoms. The zero-order chi connectivity index (χ0) is 14.3. The highest BCUT2D eigenvalue weighted by Gasteiger charge is 2.12. The summed E-state index contributed by atoms with van der Waals surface area (Å²) in [6, 6.07) is -0.362. The average Bonchev–Trinajstić information content (AvgIpc) is 2.40. The average molecular weight is 271 g/mol. The summed E-state index contributed by atoms with van der Waals surface area (Å²) in [5.41, 5.74) is 0. The van der Waals surface area contributed by atoms with Gasteiger partial charge >= 0.3 is 5.97 Å². The quantitative estimate of drug-likeness (QED) is 0.461. The molecule has 114 valence electrons. The van der Waals surface area contributed by atoms with Crippen molar-refractivity contribution in [2.24, 2.45) is 0 Å². The molecule has 3 nitrogen and oxygen atoms in total. The first-order valence-corrected chi connectivity index (χ1v) is 8.18. The Morgan fingerprint density at radius 1 is 0.895 bits per heavy atom. The molecule has 0 aromatic carbocycles. The smallest absolute Gasteiger partial charge is 0.320 e. The van der Waals surface area contributed by atoms with E-state index in [9.17, 15) is 4.79 Å². The van der Waals surface area contributed by atoms with E-state index < -0.39 is 5.97 Å². The molecule has 1 atom stereocenters. The zero-order valence-corrected chi connectivity index (χ0v) is 12.9. The van der Waals surface area contributed by atoms with E-state index in [1.165, 1.54) is 57.8 Å². The van der Waals surface area contributed by atoms with Crippen LogP contribution in [0.15, 0.2) is 0 Å². The number of hydrogen-bond acceptors (Lipinski definition) is 2. The first-order valence-electron chi connectivity index (χ1n) is 8.18. The molecule has 2 N–H and O–H groups in total. The molecule has 0 aliphatic rings. The predicted octanol–water partition coefficient (Wildman–Crippen LogP) is 4.36. The Bertz CT molecular complexity index is 207. The summed E-state index contributed by atoms with van der Waals surface area (Å²) in [7, 11) is 0. The van der Waals surface area contributed by atoms with Gasteiger partial charge in [0.15, 0.2) is 0 Å². The Hall–Kier alpha value is -0.570. The monoisotopic (exact) mass is 271 g/mol. The Kier molecular flexibility index (Phi) is 13.4. The van der Waals surface area contributed by atoms with E-state index in [0.29, 0.717) is 6.42 Å². The molecule has 0 saturated heterocycles. The van der Waals surface area contributed by atoms with Gasteiger partial charge in [-0.3, -0.25) is 4.79 Å². The Labute approximate surface area is 119 Å². The van der Waals surface area contributed by atoms with E-state index in [2.05, 4.69) is 12.2 Å². The molecule has 0 radical (unpaired) electrons. The van der Waals surface area contributed by atoms with Crippen molar-refractivity contribution in [3.05, 3.63) is 0 Å². The number of carboxylic acid groups (broad SMARTS) is 1. The van der Waals surface area contributed by atoms with Crippen LogP contribution >= 0.6 is 0 Å². The minimum absolute atomic E-state index is 0.362. The molecule has 0 bridgehead atoms. The number of unbranched alkanes of at least 4 members (excludes halogenated alkanes) is 9. The van der Waals surface area contributed by atoms with Crippen LogP contribution in [0.2, 0.25) is 0 Å². The van der Waals surface area contributed by atoms with Gasteiger partial charge in [0, 0.05) is 0 Å². The molecule has 0 aromatic heterocycles. The minimum Gasteiger partial charge on any atom is -0.480 e. The summed E-state index contributed by atoms with van der Waals surface area (Å²) in [4.78, 5) is 10.8. The van der Waals surface area contributed by atoms with E-state index in [4.69, 9.17) is 5.11 Å². The summed E-state index contributed by atoms with van der Waals surface area (Å²) in [6.07, 6.45) is 13.8. The summed E-state index contributed by atoms with van der Waals surface area (Å²) < 4.78 is 0. The van der Waals surface area contributed by atoms with Gasteiger partial charge in [-0.2, -0.15) is 0 Å². The molecule has 0 saturated carbocycles. The van der Waals surface area contributed by atoms with Crippen LogP contribution in [0.4, 0.5) is 0 Å². The molecular formula is C16H33NO2. The third-order valence-corrected chi connectivity index (χ3v) is 3.63. The number of aliphatic carboxylic acids is 1. The molecule has 0 spiro atoms. The number of hydrogen-bond donors (Lipinski definition) is 2. The molecule has 1 unspecified atom stereocenters. The van der Waals surface area contributed by atoms with Gasteiger partial charge in [0.25, 0.3) is 0 Å². The van der Waals surface area contributed by atoms with Crippen LogP contribution in [0, 0.1) is 0 Å². The standard InChI is InChI=1S/C16H33NO2/c1-3-5-6-7-8-9-10-11-12-13-14-17-15(4-2)16(18)19/h15,17H,3-14H2,1-2H3,(H,18,19). The van der Waals surface area contributed by atoms with E-state index in [0.717, 1.165) is 13.0 Å². The fourth-order valence-corrected chi connectivity index (χ4v) is 2.29. The van der Waals surface area contributed by atoms with Gasteiger partial charge in [-0.05, 0) is 19.4 Å². The lowest BCUT2D eigenvalue weighted by atomic mass is 10.1. The molecule has 19 heavy (non-hydrogen) atoms. The van der Waals surface area contributed by atoms with Crippen LogP contribution in [-0.4, -0.2) is 23.7 Å². The number of nitrogens with one attached hydrogen (secondary N) is 1. The van der Waals surface area contributed by atoms with E-state index in [1.807, 2.05) is 6.92 Å². The van der Waals surface area contributed by atoms with E-state index >= 15 is 0 Å². The van der Waals surface area contributed by atoms with Crippen LogP contribution in [0.5, 0.6) is 0 Å². The second kappa shape index (κ2) is 13.9. The van der Waals surface area contributed by atoms with Gasteiger partial charge in [-0.1, -0.05) is 71.6 Å². The zero-order valence-electron chi connectivity index (χ0n) is 12.9. The molecule has 0 aliphatic heterocycles. The lowest BCUT2D eigenvalue weighted by Crippen LogP contribution is -2.36. The van der Waals surface area contributed by atoms with E-state index in [-0.39, 0.29) is 6.04 Å². The van der Waals surface area contributed by atoms with Crippen molar-refractivity contribution in [2.75, 3.05) is 6.54 Å². The van der Waals surface area contributed by atoms with Gasteiger partial charge in [0.1, 0.15) is 6.04 Å². The van der Waals surface area contributed by atoms with Gasteiger partial charge in [0.05, 0.1) is 0 Å². The second-order valence-electron chi connectivity index (χ2n) is 5.44. The number of rotatable bonds is 14. The molecular weight excluding hydrogens is 238 g/mol. The maximum absolute atomic E-state index is 10.8. The molecule has 0 heterocycles. The van der Waals surface area contributed by atoms with Crippen LogP contribution in [0.1, 0.15) is 84.5 Å². The highest BCUT2D eigenvalue weighted by Crippen LogP contribution is 2.10. The van der Waals surface area contributed by atoms with Crippen LogP contribution in [0.25, 0.3) is 0 Å². The van der Waals surface area contributed by atoms with Crippen molar-refractivity contribution in [1.82, 2.24) is 5.32 Å². The molecule has 0 rings (SSSR count). The van der Waals surface area contributed by atoms with Crippen LogP contribution < -0.4 is 5.32 Å². The second-order valence-corrected chi connectivity index (χ2v) is 5.44. The first kappa shape index (κ1) is 18.4. The molecule has 0 aliphatic carbocycles. The topological polar surface area (TPSA) is 49.3 Å². The maximum atomic E-state index is 10.8.